The van der Waals surface area contributed by atoms with Crippen LogP contribution in [0.2, 0.25) is 0 Å². The van der Waals surface area contributed by atoms with E-state index in [1.807, 2.05) is 54.6 Å². The summed E-state index contributed by atoms with van der Waals surface area (Å²) in [5.41, 5.74) is 4.25. The predicted octanol–water partition coefficient (Wildman–Crippen LogP) is 4.03. The highest BCUT2D eigenvalue weighted by Gasteiger charge is 2.38. The van der Waals surface area contributed by atoms with Crippen LogP contribution in [0.25, 0.3) is 16.3 Å². The molecule has 0 aliphatic heterocycles. The fourth-order valence-electron chi connectivity index (χ4n) is 3.65. The number of rotatable bonds is 0. The van der Waals surface area contributed by atoms with E-state index in [-0.39, 0.29) is 11.6 Å². The summed E-state index contributed by atoms with van der Waals surface area (Å²) < 4.78 is 0. The average molecular weight is 282 g/mol. The van der Waals surface area contributed by atoms with Crippen molar-refractivity contribution in [2.24, 2.45) is 0 Å². The topological polar surface area (TPSA) is 34.1 Å². The third-order valence-electron chi connectivity index (χ3n) is 4.56. The molecule has 0 radical (unpaired) electrons. The van der Waals surface area contributed by atoms with Gasteiger partial charge >= 0.3 is 0 Å². The van der Waals surface area contributed by atoms with Gasteiger partial charge in [0.15, 0.2) is 11.6 Å². The Morgan fingerprint density at radius 3 is 1.86 bits per heavy atom. The van der Waals surface area contributed by atoms with E-state index in [1.165, 1.54) is 0 Å². The first kappa shape index (κ1) is 11.6. The van der Waals surface area contributed by atoms with E-state index < -0.39 is 0 Å². The quantitative estimate of drug-likeness (QED) is 0.583. The van der Waals surface area contributed by atoms with Gasteiger partial charge in [-0.1, -0.05) is 60.7 Å². The zero-order chi connectivity index (χ0) is 14.8. The molecule has 2 nitrogen and oxygen atoms in total. The normalized spacial score (nSPS) is 15.3. The Labute approximate surface area is 126 Å². The molecule has 0 unspecified atom stereocenters. The molecule has 0 spiro atoms. The van der Waals surface area contributed by atoms with Gasteiger partial charge in [-0.05, 0) is 16.5 Å². The van der Waals surface area contributed by atoms with Gasteiger partial charge in [-0.2, -0.15) is 0 Å². The molecule has 102 valence electrons. The van der Waals surface area contributed by atoms with Crippen molar-refractivity contribution < 1.29 is 9.59 Å². The maximum absolute atomic E-state index is 12.9. The van der Waals surface area contributed by atoms with E-state index in [2.05, 4.69) is 0 Å². The van der Waals surface area contributed by atoms with Gasteiger partial charge < -0.3 is 0 Å². The molecular weight excluding hydrogens is 272 g/mol. The molecule has 22 heavy (non-hydrogen) atoms. The number of allylic oxidation sites excluding steroid dienone is 1. The lowest BCUT2D eigenvalue weighted by atomic mass is 9.83. The molecule has 0 amide bonds. The Balaban J connectivity index is 1.99. The number of fused-ring (bicyclic) bond motifs is 3. The van der Waals surface area contributed by atoms with Gasteiger partial charge in [-0.25, -0.2) is 0 Å². The van der Waals surface area contributed by atoms with Crippen LogP contribution in [0, 0.1) is 0 Å². The second-order valence-electron chi connectivity index (χ2n) is 5.66. The van der Waals surface area contributed by atoms with E-state index in [4.69, 9.17) is 0 Å². The standard InChI is InChI=1S/C20H10O2/c21-19-13-8-2-1-7-12(13)17-14-9-3-5-11-6-4-10-15(16(11)14)20(22)18(17)19/h1-10H. The maximum Gasteiger partial charge on any atom is 0.198 e. The summed E-state index contributed by atoms with van der Waals surface area (Å²) in [7, 11) is 0. The minimum Gasteiger partial charge on any atom is -0.288 e. The minimum atomic E-state index is -0.152. The molecule has 5 rings (SSSR count). The second-order valence-corrected chi connectivity index (χ2v) is 5.66. The lowest BCUT2D eigenvalue weighted by molar-refractivity contribution is 0.0967. The summed E-state index contributed by atoms with van der Waals surface area (Å²) in [5, 5.41) is 1.99. The zero-order valence-corrected chi connectivity index (χ0v) is 11.6. The molecule has 0 fully saturated rings. The number of benzene rings is 3. The molecule has 0 N–H and O–H groups in total. The zero-order valence-electron chi connectivity index (χ0n) is 11.6. The first-order chi connectivity index (χ1) is 10.8. The maximum atomic E-state index is 12.9. The molecule has 3 aromatic carbocycles. The van der Waals surface area contributed by atoms with Gasteiger partial charge in [0.05, 0.1) is 5.57 Å². The van der Waals surface area contributed by atoms with Crippen molar-refractivity contribution in [2.45, 2.75) is 0 Å². The predicted molar refractivity (Wildman–Crippen MR) is 85.1 cm³/mol. The highest BCUT2D eigenvalue weighted by atomic mass is 16.1. The molecule has 2 aliphatic rings. The monoisotopic (exact) mass is 282 g/mol. The second kappa shape index (κ2) is 3.80. The van der Waals surface area contributed by atoms with Crippen molar-refractivity contribution in [1.29, 1.82) is 0 Å². The number of Topliss-reactive ketones (excluding diaryl/α,β-unsaturated/α-hetero) is 2. The summed E-state index contributed by atoms with van der Waals surface area (Å²) in [4.78, 5) is 25.6. The number of hydrogen-bond acceptors (Lipinski definition) is 2. The van der Waals surface area contributed by atoms with Gasteiger partial charge in [0, 0.05) is 22.1 Å². The molecule has 0 saturated heterocycles. The van der Waals surface area contributed by atoms with E-state index in [1.54, 1.807) is 6.07 Å². The number of ketones is 2. The summed E-state index contributed by atoms with van der Waals surface area (Å²) >= 11 is 0. The van der Waals surface area contributed by atoms with Crippen LogP contribution in [0.1, 0.15) is 31.8 Å². The summed E-state index contributed by atoms with van der Waals surface area (Å²) in [6.45, 7) is 0. The van der Waals surface area contributed by atoms with Crippen LogP contribution < -0.4 is 0 Å². The Morgan fingerprint density at radius 2 is 1.09 bits per heavy atom. The Kier molecular flexibility index (Phi) is 2.01. The van der Waals surface area contributed by atoms with E-state index in [0.717, 1.165) is 27.5 Å². The summed E-state index contributed by atoms with van der Waals surface area (Å²) in [5.74, 6) is -0.303. The van der Waals surface area contributed by atoms with Crippen LogP contribution >= 0.6 is 0 Å². The fraction of sp³-hybridized carbons (Fsp3) is 0. The molecule has 0 saturated carbocycles. The third kappa shape index (κ3) is 1.21. The number of hydrogen-bond donors (Lipinski definition) is 0. The summed E-state index contributed by atoms with van der Waals surface area (Å²) in [6.07, 6.45) is 0. The van der Waals surface area contributed by atoms with E-state index >= 15 is 0 Å². The van der Waals surface area contributed by atoms with Gasteiger partial charge in [0.1, 0.15) is 0 Å². The van der Waals surface area contributed by atoms with Crippen LogP contribution in [0.5, 0.6) is 0 Å². The van der Waals surface area contributed by atoms with Crippen molar-refractivity contribution in [3.05, 3.63) is 88.5 Å². The van der Waals surface area contributed by atoms with Crippen LogP contribution in [0.3, 0.4) is 0 Å². The van der Waals surface area contributed by atoms with Gasteiger partial charge in [0.2, 0.25) is 0 Å². The Hall–Kier alpha value is -3.00. The van der Waals surface area contributed by atoms with Crippen molar-refractivity contribution >= 4 is 27.9 Å². The molecule has 3 aromatic rings. The molecule has 0 bridgehead atoms. The van der Waals surface area contributed by atoms with Crippen LogP contribution in [-0.4, -0.2) is 11.6 Å². The lowest BCUT2D eigenvalue weighted by Crippen LogP contribution is -2.15. The molecule has 0 heterocycles. The number of carbonyl (C=O) groups excluding carboxylic acids is 2. The summed E-state index contributed by atoms with van der Waals surface area (Å²) in [6, 6.07) is 19.2. The minimum absolute atomic E-state index is 0.151. The van der Waals surface area contributed by atoms with Crippen molar-refractivity contribution in [3.8, 4) is 0 Å². The smallest absolute Gasteiger partial charge is 0.198 e. The van der Waals surface area contributed by atoms with E-state index in [0.29, 0.717) is 16.7 Å². The van der Waals surface area contributed by atoms with Crippen molar-refractivity contribution in [1.82, 2.24) is 0 Å². The highest BCUT2D eigenvalue weighted by molar-refractivity contribution is 6.44. The van der Waals surface area contributed by atoms with Gasteiger partial charge in [-0.3, -0.25) is 9.59 Å². The third-order valence-corrected chi connectivity index (χ3v) is 4.56. The largest absolute Gasteiger partial charge is 0.288 e. The molecule has 0 aromatic heterocycles. The Bertz CT molecular complexity index is 1050. The molecule has 2 heteroatoms. The van der Waals surface area contributed by atoms with Crippen LogP contribution in [0.4, 0.5) is 0 Å². The molecular formula is C20H10O2. The van der Waals surface area contributed by atoms with Crippen molar-refractivity contribution in [2.75, 3.05) is 0 Å². The van der Waals surface area contributed by atoms with Crippen molar-refractivity contribution in [3.63, 3.8) is 0 Å². The van der Waals surface area contributed by atoms with Gasteiger partial charge in [-0.15, -0.1) is 0 Å². The van der Waals surface area contributed by atoms with Crippen LogP contribution in [-0.2, 0) is 0 Å². The molecule has 0 atom stereocenters. The van der Waals surface area contributed by atoms with Gasteiger partial charge in [0.25, 0.3) is 0 Å². The number of carbonyl (C=O) groups is 2. The van der Waals surface area contributed by atoms with Crippen LogP contribution in [0.15, 0.2) is 66.2 Å². The SMILES string of the molecule is O=C1C2=C(c3ccccc31)c1cccc3cccc(c13)C2=O. The lowest BCUT2D eigenvalue weighted by Gasteiger charge is -2.18. The first-order valence-electron chi connectivity index (χ1n) is 7.22. The Morgan fingerprint density at radius 1 is 0.500 bits per heavy atom. The fourth-order valence-corrected chi connectivity index (χ4v) is 3.65. The van der Waals surface area contributed by atoms with E-state index in [9.17, 15) is 9.59 Å². The first-order valence-corrected chi connectivity index (χ1v) is 7.22. The molecule has 2 aliphatic carbocycles. The average Bonchev–Trinajstić information content (AvgIpc) is 2.86. The highest BCUT2D eigenvalue weighted by Crippen LogP contribution is 2.45.